The number of pyridine rings is 1. The van der Waals surface area contributed by atoms with E-state index in [9.17, 15) is 4.79 Å². The van der Waals surface area contributed by atoms with Crippen molar-refractivity contribution in [1.29, 1.82) is 0 Å². The number of likely N-dealkylation sites (tertiary alicyclic amines) is 1. The van der Waals surface area contributed by atoms with Crippen molar-refractivity contribution in [1.82, 2.24) is 14.9 Å². The first kappa shape index (κ1) is 17.3. The number of Topliss-reactive ketones (excluding diaryl/α,β-unsaturated/α-hetero) is 1. The average Bonchev–Trinajstić information content (AvgIpc) is 3.13. The van der Waals surface area contributed by atoms with E-state index in [1.165, 1.54) is 30.9 Å². The Bertz CT molecular complexity index is 635. The Balaban J connectivity index is 1.34. The topological polar surface area (TPSA) is 59.2 Å². The summed E-state index contributed by atoms with van der Waals surface area (Å²) in [5, 5.41) is 0. The maximum absolute atomic E-state index is 11.9. The van der Waals surface area contributed by atoms with E-state index in [4.69, 9.17) is 4.42 Å². The predicted octanol–water partition coefficient (Wildman–Crippen LogP) is 4.10. The number of hydrogen-bond donors (Lipinski definition) is 0. The van der Waals surface area contributed by atoms with Crippen LogP contribution in [0.5, 0.6) is 0 Å². The van der Waals surface area contributed by atoms with Gasteiger partial charge < -0.3 is 4.42 Å². The molecule has 0 unspecified atom stereocenters. The van der Waals surface area contributed by atoms with E-state index in [2.05, 4.69) is 36.9 Å². The van der Waals surface area contributed by atoms with Crippen molar-refractivity contribution in [2.45, 2.75) is 38.6 Å². The zero-order valence-electron chi connectivity index (χ0n) is 13.7. The fraction of sp³-hybridized carbons (Fsp3) is 0.500. The van der Waals surface area contributed by atoms with Crippen LogP contribution in [0.3, 0.4) is 0 Å². The van der Waals surface area contributed by atoms with Gasteiger partial charge in [0.1, 0.15) is 10.9 Å². The minimum atomic E-state index is 0.0141. The number of ketones is 1. The molecule has 1 aliphatic heterocycles. The summed E-state index contributed by atoms with van der Waals surface area (Å²) < 4.78 is 5.92. The summed E-state index contributed by atoms with van der Waals surface area (Å²) in [7, 11) is 0. The molecule has 0 bridgehead atoms. The van der Waals surface area contributed by atoms with E-state index in [1.807, 2.05) is 12.3 Å². The molecule has 0 aliphatic carbocycles. The van der Waals surface area contributed by atoms with E-state index >= 15 is 0 Å². The molecule has 0 radical (unpaired) electrons. The van der Waals surface area contributed by atoms with Crippen LogP contribution in [-0.2, 0) is 6.54 Å². The molecule has 0 N–H and O–H groups in total. The number of hydrogen-bond acceptors (Lipinski definition) is 5. The average molecular weight is 392 g/mol. The van der Waals surface area contributed by atoms with Crippen LogP contribution in [0.4, 0.5) is 0 Å². The van der Waals surface area contributed by atoms with E-state index in [1.54, 1.807) is 0 Å². The van der Waals surface area contributed by atoms with Crippen molar-refractivity contribution < 1.29 is 9.21 Å². The van der Waals surface area contributed by atoms with Gasteiger partial charge >= 0.3 is 0 Å². The number of nitrogens with zero attached hydrogens (tertiary/aromatic N) is 3. The lowest BCUT2D eigenvalue weighted by Crippen LogP contribution is -2.33. The van der Waals surface area contributed by atoms with E-state index in [0.717, 1.165) is 43.0 Å². The Hall–Kier alpha value is -1.53. The van der Waals surface area contributed by atoms with Crippen LogP contribution in [0.25, 0.3) is 0 Å². The van der Waals surface area contributed by atoms with Crippen LogP contribution in [-0.4, -0.2) is 33.7 Å². The second kappa shape index (κ2) is 8.53. The van der Waals surface area contributed by atoms with Crippen molar-refractivity contribution in [3.05, 3.63) is 46.8 Å². The molecule has 24 heavy (non-hydrogen) atoms. The minimum Gasteiger partial charge on any atom is -0.442 e. The fourth-order valence-electron chi connectivity index (χ4n) is 3.21. The first-order valence-electron chi connectivity index (χ1n) is 8.46. The highest BCUT2D eigenvalue weighted by molar-refractivity contribution is 9.10. The molecule has 0 atom stereocenters. The third-order valence-corrected chi connectivity index (χ3v) is 5.06. The number of rotatable bonds is 7. The van der Waals surface area contributed by atoms with Crippen molar-refractivity contribution in [3.8, 4) is 0 Å². The second-order valence-electron chi connectivity index (χ2n) is 6.36. The number of carbonyl (C=O) groups is 1. The molecular formula is C18H22BrN3O2. The van der Waals surface area contributed by atoms with Gasteiger partial charge in [-0.3, -0.25) is 9.69 Å². The molecule has 2 aromatic rings. The van der Waals surface area contributed by atoms with Gasteiger partial charge in [-0.1, -0.05) is 6.07 Å². The first-order chi connectivity index (χ1) is 11.7. The molecule has 1 fully saturated rings. The predicted molar refractivity (Wildman–Crippen MR) is 94.6 cm³/mol. The van der Waals surface area contributed by atoms with Crippen LogP contribution in [0.15, 0.2) is 39.8 Å². The van der Waals surface area contributed by atoms with E-state index < -0.39 is 0 Å². The second-order valence-corrected chi connectivity index (χ2v) is 7.17. The van der Waals surface area contributed by atoms with Gasteiger partial charge in [-0.15, -0.1) is 0 Å². The van der Waals surface area contributed by atoms with Crippen LogP contribution in [0.1, 0.15) is 48.4 Å². The van der Waals surface area contributed by atoms with Crippen molar-refractivity contribution >= 4 is 21.7 Å². The monoisotopic (exact) mass is 391 g/mol. The summed E-state index contributed by atoms with van der Waals surface area (Å²) in [6.07, 6.45) is 9.88. The van der Waals surface area contributed by atoms with Gasteiger partial charge in [0.25, 0.3) is 5.89 Å². The maximum Gasteiger partial charge on any atom is 0.263 e. The fourth-order valence-corrected chi connectivity index (χ4v) is 3.45. The lowest BCUT2D eigenvalue weighted by atomic mass is 9.91. The van der Waals surface area contributed by atoms with E-state index in [-0.39, 0.29) is 11.7 Å². The van der Waals surface area contributed by atoms with Gasteiger partial charge in [0.05, 0.1) is 6.20 Å². The number of aromatic nitrogens is 2. The van der Waals surface area contributed by atoms with Crippen LogP contribution in [0.2, 0.25) is 0 Å². The Morgan fingerprint density at radius 3 is 2.79 bits per heavy atom. The van der Waals surface area contributed by atoms with Gasteiger partial charge in [-0.25, -0.2) is 9.97 Å². The summed E-state index contributed by atoms with van der Waals surface area (Å²) >= 11 is 3.37. The number of halogens is 1. The van der Waals surface area contributed by atoms with Crippen molar-refractivity contribution in [2.24, 2.45) is 5.92 Å². The normalized spacial score (nSPS) is 16.4. The Morgan fingerprint density at radius 2 is 2.12 bits per heavy atom. The smallest absolute Gasteiger partial charge is 0.263 e. The molecule has 1 saturated heterocycles. The highest BCUT2D eigenvalue weighted by Crippen LogP contribution is 2.24. The molecule has 2 aromatic heterocycles. The maximum atomic E-state index is 11.9. The van der Waals surface area contributed by atoms with Crippen molar-refractivity contribution in [2.75, 3.05) is 13.1 Å². The van der Waals surface area contributed by atoms with Gasteiger partial charge in [0.2, 0.25) is 5.78 Å². The summed E-state index contributed by atoms with van der Waals surface area (Å²) in [6.45, 7) is 3.21. The Kier molecular flexibility index (Phi) is 6.15. The number of carbonyl (C=O) groups excluding carboxylic acids is 1. The first-order valence-corrected chi connectivity index (χ1v) is 9.25. The van der Waals surface area contributed by atoms with Gasteiger partial charge in [0, 0.05) is 19.2 Å². The Morgan fingerprint density at radius 1 is 1.29 bits per heavy atom. The molecule has 0 saturated carbocycles. The number of piperidine rings is 1. The summed E-state index contributed by atoms with van der Waals surface area (Å²) in [5.41, 5.74) is 1.26. The molecule has 0 amide bonds. The van der Waals surface area contributed by atoms with Crippen molar-refractivity contribution in [3.63, 3.8) is 0 Å². The molecule has 1 aliphatic rings. The Labute approximate surface area is 150 Å². The van der Waals surface area contributed by atoms with Gasteiger partial charge in [-0.2, -0.15) is 0 Å². The molecular weight excluding hydrogens is 370 g/mol. The van der Waals surface area contributed by atoms with Crippen LogP contribution >= 0.6 is 15.9 Å². The zero-order chi connectivity index (χ0) is 16.8. The highest BCUT2D eigenvalue weighted by Gasteiger charge is 2.20. The van der Waals surface area contributed by atoms with Crippen LogP contribution in [0, 0.1) is 5.92 Å². The SMILES string of the molecule is O=C(CCCC1CCN(Cc2ccc(Br)nc2)CC1)c1ncco1. The lowest BCUT2D eigenvalue weighted by Gasteiger charge is -2.31. The zero-order valence-corrected chi connectivity index (χ0v) is 15.2. The lowest BCUT2D eigenvalue weighted by molar-refractivity contribution is 0.0940. The molecule has 5 nitrogen and oxygen atoms in total. The summed E-state index contributed by atoms with van der Waals surface area (Å²) in [5.74, 6) is 0.981. The molecule has 3 heterocycles. The third-order valence-electron chi connectivity index (χ3n) is 4.59. The van der Waals surface area contributed by atoms with Gasteiger partial charge in [-0.05, 0) is 72.3 Å². The van der Waals surface area contributed by atoms with Crippen LogP contribution < -0.4 is 0 Å². The molecule has 0 aromatic carbocycles. The largest absolute Gasteiger partial charge is 0.442 e. The standard InChI is InChI=1S/C18H22BrN3O2/c19-17-5-4-15(12-21-17)13-22-9-6-14(7-10-22)2-1-3-16(23)18-20-8-11-24-18/h4-5,8,11-12,14H,1-3,6-7,9-10,13H2. The summed E-state index contributed by atoms with van der Waals surface area (Å²) in [4.78, 5) is 22.5. The van der Waals surface area contributed by atoms with Gasteiger partial charge in [0.15, 0.2) is 0 Å². The molecule has 6 heteroatoms. The minimum absolute atomic E-state index is 0.0141. The molecule has 0 spiro atoms. The molecule has 3 rings (SSSR count). The third kappa shape index (κ3) is 4.98. The quantitative estimate of drug-likeness (QED) is 0.525. The molecule has 128 valence electrons. The summed E-state index contributed by atoms with van der Waals surface area (Å²) in [6, 6.07) is 4.12. The van der Waals surface area contributed by atoms with E-state index in [0.29, 0.717) is 6.42 Å². The highest BCUT2D eigenvalue weighted by atomic mass is 79.9. The number of oxazole rings is 1.